The van der Waals surface area contributed by atoms with Gasteiger partial charge < -0.3 is 14.6 Å². The Morgan fingerprint density at radius 1 is 1.53 bits per heavy atom. The van der Waals surface area contributed by atoms with Crippen LogP contribution >= 0.6 is 0 Å². The van der Waals surface area contributed by atoms with E-state index < -0.39 is 6.29 Å². The average molecular weight is 206 g/mol. The van der Waals surface area contributed by atoms with Crippen molar-refractivity contribution in [1.29, 1.82) is 0 Å². The van der Waals surface area contributed by atoms with Gasteiger partial charge in [-0.1, -0.05) is 0 Å². The van der Waals surface area contributed by atoms with E-state index in [2.05, 4.69) is 0 Å². The standard InChI is InChI=1S/C11H10O4/c1-7(12)14-9-4-2-8-3-5-11(13)15-10(8)6-9/h2-6,11,13H,1H3. The van der Waals surface area contributed by atoms with Crippen LogP contribution in [-0.4, -0.2) is 17.4 Å². The van der Waals surface area contributed by atoms with Crippen molar-refractivity contribution in [3.05, 3.63) is 29.8 Å². The van der Waals surface area contributed by atoms with Crippen LogP contribution in [0.1, 0.15) is 12.5 Å². The molecule has 1 atom stereocenters. The fraction of sp³-hybridized carbons (Fsp3) is 0.182. The lowest BCUT2D eigenvalue weighted by Gasteiger charge is -2.17. The summed E-state index contributed by atoms with van der Waals surface area (Å²) in [5.74, 6) is 0.523. The zero-order valence-corrected chi connectivity index (χ0v) is 8.14. The summed E-state index contributed by atoms with van der Waals surface area (Å²) < 4.78 is 10.0. The Hall–Kier alpha value is -1.81. The average Bonchev–Trinajstić information content (AvgIpc) is 2.16. The van der Waals surface area contributed by atoms with Gasteiger partial charge in [0.25, 0.3) is 0 Å². The van der Waals surface area contributed by atoms with Gasteiger partial charge in [-0.3, -0.25) is 4.79 Å². The Bertz CT molecular complexity index is 423. The van der Waals surface area contributed by atoms with Gasteiger partial charge in [-0.15, -0.1) is 0 Å². The fourth-order valence-electron chi connectivity index (χ4n) is 1.34. The second kappa shape index (κ2) is 3.74. The van der Waals surface area contributed by atoms with E-state index in [9.17, 15) is 9.90 Å². The first kappa shape index (κ1) is 9.73. The molecule has 4 heteroatoms. The molecule has 0 saturated carbocycles. The minimum atomic E-state index is -0.940. The summed E-state index contributed by atoms with van der Waals surface area (Å²) in [6.45, 7) is 1.33. The van der Waals surface area contributed by atoms with Crippen molar-refractivity contribution >= 4 is 12.0 Å². The maximum absolute atomic E-state index is 10.7. The van der Waals surface area contributed by atoms with Gasteiger partial charge in [0.1, 0.15) is 11.5 Å². The van der Waals surface area contributed by atoms with Crippen molar-refractivity contribution < 1.29 is 19.4 Å². The first-order chi connectivity index (χ1) is 7.15. The van der Waals surface area contributed by atoms with Crippen molar-refractivity contribution in [2.75, 3.05) is 0 Å². The Labute approximate surface area is 86.7 Å². The Kier molecular flexibility index (Phi) is 2.43. The lowest BCUT2D eigenvalue weighted by atomic mass is 10.1. The summed E-state index contributed by atoms with van der Waals surface area (Å²) >= 11 is 0. The van der Waals surface area contributed by atoms with Crippen LogP contribution in [0.5, 0.6) is 11.5 Å². The first-order valence-electron chi connectivity index (χ1n) is 4.50. The Morgan fingerprint density at radius 2 is 2.33 bits per heavy atom. The van der Waals surface area contributed by atoms with E-state index in [0.29, 0.717) is 11.5 Å². The van der Waals surface area contributed by atoms with Gasteiger partial charge >= 0.3 is 5.97 Å². The highest BCUT2D eigenvalue weighted by Crippen LogP contribution is 2.29. The van der Waals surface area contributed by atoms with Crippen LogP contribution in [0.4, 0.5) is 0 Å². The lowest BCUT2D eigenvalue weighted by Crippen LogP contribution is -2.15. The van der Waals surface area contributed by atoms with Gasteiger partial charge in [-0.25, -0.2) is 0 Å². The molecule has 1 N–H and O–H groups in total. The molecule has 0 aliphatic carbocycles. The van der Waals surface area contributed by atoms with Gasteiger partial charge in [-0.2, -0.15) is 0 Å². The van der Waals surface area contributed by atoms with E-state index in [1.807, 2.05) is 0 Å². The van der Waals surface area contributed by atoms with Gasteiger partial charge in [0.05, 0.1) is 0 Å². The maximum Gasteiger partial charge on any atom is 0.308 e. The second-order valence-electron chi connectivity index (χ2n) is 3.16. The predicted octanol–water partition coefficient (Wildman–Crippen LogP) is 1.34. The number of aliphatic hydroxyl groups is 1. The summed E-state index contributed by atoms with van der Waals surface area (Å²) in [4.78, 5) is 10.7. The molecular formula is C11H10O4. The van der Waals surface area contributed by atoms with Crippen LogP contribution in [0.15, 0.2) is 24.3 Å². The van der Waals surface area contributed by atoms with Crippen molar-refractivity contribution in [2.24, 2.45) is 0 Å². The normalized spacial score (nSPS) is 17.9. The van der Waals surface area contributed by atoms with Gasteiger partial charge in [-0.05, 0) is 24.3 Å². The summed E-state index contributed by atoms with van der Waals surface area (Å²) in [6, 6.07) is 5.01. The highest BCUT2D eigenvalue weighted by atomic mass is 16.6. The minimum Gasteiger partial charge on any atom is -0.461 e. The first-order valence-corrected chi connectivity index (χ1v) is 4.50. The van der Waals surface area contributed by atoms with E-state index in [4.69, 9.17) is 9.47 Å². The number of carbonyl (C=O) groups is 1. The van der Waals surface area contributed by atoms with Crippen LogP contribution in [0.25, 0.3) is 6.08 Å². The molecule has 4 nitrogen and oxygen atoms in total. The topological polar surface area (TPSA) is 55.8 Å². The lowest BCUT2D eigenvalue weighted by molar-refractivity contribution is -0.131. The third-order valence-corrected chi connectivity index (χ3v) is 1.93. The number of ether oxygens (including phenoxy) is 2. The number of rotatable bonds is 1. The number of aliphatic hydroxyl groups excluding tert-OH is 1. The largest absolute Gasteiger partial charge is 0.461 e. The zero-order chi connectivity index (χ0) is 10.8. The van der Waals surface area contributed by atoms with E-state index in [0.717, 1.165) is 5.56 Å². The molecule has 1 heterocycles. The molecule has 0 amide bonds. The maximum atomic E-state index is 10.7. The molecule has 1 unspecified atom stereocenters. The molecule has 1 aromatic rings. The number of hydrogen-bond donors (Lipinski definition) is 1. The van der Waals surface area contributed by atoms with Crippen molar-refractivity contribution in [2.45, 2.75) is 13.2 Å². The molecule has 78 valence electrons. The van der Waals surface area contributed by atoms with Crippen molar-refractivity contribution in [3.8, 4) is 11.5 Å². The highest BCUT2D eigenvalue weighted by Gasteiger charge is 2.12. The van der Waals surface area contributed by atoms with Gasteiger partial charge in [0.2, 0.25) is 6.29 Å². The third kappa shape index (κ3) is 2.16. The van der Waals surface area contributed by atoms with Crippen molar-refractivity contribution in [1.82, 2.24) is 0 Å². The molecule has 2 rings (SSSR count). The van der Waals surface area contributed by atoms with Crippen molar-refractivity contribution in [3.63, 3.8) is 0 Å². The Morgan fingerprint density at radius 3 is 3.07 bits per heavy atom. The molecule has 0 radical (unpaired) electrons. The van der Waals surface area contributed by atoms with Crippen LogP contribution < -0.4 is 9.47 Å². The smallest absolute Gasteiger partial charge is 0.308 e. The van der Waals surface area contributed by atoms with Crippen LogP contribution in [-0.2, 0) is 4.79 Å². The van der Waals surface area contributed by atoms with E-state index in [1.165, 1.54) is 13.0 Å². The van der Waals surface area contributed by atoms with E-state index in [1.54, 1.807) is 24.3 Å². The molecule has 0 fully saturated rings. The molecule has 0 spiro atoms. The summed E-state index contributed by atoms with van der Waals surface area (Å²) in [5, 5.41) is 9.21. The number of esters is 1. The molecule has 0 aromatic heterocycles. The number of carbonyl (C=O) groups excluding carboxylic acids is 1. The third-order valence-electron chi connectivity index (χ3n) is 1.93. The van der Waals surface area contributed by atoms with Crippen LogP contribution in [0, 0.1) is 0 Å². The van der Waals surface area contributed by atoms with E-state index in [-0.39, 0.29) is 5.97 Å². The minimum absolute atomic E-state index is 0.387. The molecule has 1 aliphatic heterocycles. The molecule has 1 aliphatic rings. The molecule has 15 heavy (non-hydrogen) atoms. The van der Waals surface area contributed by atoms with Gasteiger partial charge in [0.15, 0.2) is 0 Å². The number of hydrogen-bond acceptors (Lipinski definition) is 4. The fourth-order valence-corrected chi connectivity index (χ4v) is 1.34. The monoisotopic (exact) mass is 206 g/mol. The predicted molar refractivity (Wildman–Crippen MR) is 53.4 cm³/mol. The molecule has 0 saturated heterocycles. The quantitative estimate of drug-likeness (QED) is 0.556. The molecule has 1 aromatic carbocycles. The number of benzene rings is 1. The highest BCUT2D eigenvalue weighted by molar-refractivity contribution is 5.70. The zero-order valence-electron chi connectivity index (χ0n) is 8.14. The van der Waals surface area contributed by atoms with Crippen LogP contribution in [0.2, 0.25) is 0 Å². The van der Waals surface area contributed by atoms with Crippen LogP contribution in [0.3, 0.4) is 0 Å². The SMILES string of the molecule is CC(=O)Oc1ccc2c(c1)OC(O)C=C2. The second-order valence-corrected chi connectivity index (χ2v) is 3.16. The molecule has 0 bridgehead atoms. The molecular weight excluding hydrogens is 196 g/mol. The summed E-state index contributed by atoms with van der Waals surface area (Å²) in [6.07, 6.45) is 2.35. The Balaban J connectivity index is 2.30. The number of fused-ring (bicyclic) bond motifs is 1. The van der Waals surface area contributed by atoms with Gasteiger partial charge in [0, 0.05) is 18.6 Å². The summed E-state index contributed by atoms with van der Waals surface area (Å²) in [7, 11) is 0. The van der Waals surface area contributed by atoms with E-state index >= 15 is 0 Å². The summed E-state index contributed by atoms with van der Waals surface area (Å²) in [5.41, 5.74) is 0.844.